The molecule has 242 valence electrons. The molecule has 0 bridgehead atoms. The molecule has 0 fully saturated rings. The Hall–Kier alpha value is -3.88. The fraction of sp³-hybridized carbons (Fsp3) is 0.543. The highest BCUT2D eigenvalue weighted by Crippen LogP contribution is 2.25. The number of benzene rings is 2. The number of carbonyl (C=O) groups excluding carboxylic acids is 4. The van der Waals surface area contributed by atoms with E-state index >= 15 is 0 Å². The van der Waals surface area contributed by atoms with Crippen LogP contribution in [-0.4, -0.2) is 58.6 Å². The second-order valence-corrected chi connectivity index (χ2v) is 13.0. The van der Waals surface area contributed by atoms with Crippen molar-refractivity contribution >= 4 is 23.9 Å². The maximum Gasteiger partial charge on any atom is 0.408 e. The number of hydrogen-bond donors (Lipinski definition) is 2. The van der Waals surface area contributed by atoms with E-state index in [2.05, 4.69) is 10.6 Å². The quantitative estimate of drug-likeness (QED) is 0.273. The van der Waals surface area contributed by atoms with Gasteiger partial charge < -0.3 is 25.0 Å². The van der Waals surface area contributed by atoms with Crippen molar-refractivity contribution < 1.29 is 28.7 Å². The molecule has 2 rings (SSSR count). The van der Waals surface area contributed by atoms with Gasteiger partial charge in [0.25, 0.3) is 0 Å². The van der Waals surface area contributed by atoms with Gasteiger partial charge in [-0.3, -0.25) is 9.59 Å². The van der Waals surface area contributed by atoms with Gasteiger partial charge in [-0.1, -0.05) is 74.9 Å². The second-order valence-electron chi connectivity index (χ2n) is 13.0. The zero-order chi connectivity index (χ0) is 33.1. The van der Waals surface area contributed by atoms with E-state index in [0.29, 0.717) is 12.0 Å². The Balaban J connectivity index is 2.52. The highest BCUT2D eigenvalue weighted by Gasteiger charge is 2.37. The molecule has 0 aromatic heterocycles. The van der Waals surface area contributed by atoms with Gasteiger partial charge in [0.05, 0.1) is 0 Å². The van der Waals surface area contributed by atoms with E-state index in [0.717, 1.165) is 24.0 Å². The van der Waals surface area contributed by atoms with E-state index in [9.17, 15) is 19.2 Å². The number of nitrogens with zero attached hydrogens (tertiary/aromatic N) is 1. The third kappa shape index (κ3) is 12.0. The fourth-order valence-electron chi connectivity index (χ4n) is 4.56. The van der Waals surface area contributed by atoms with Crippen LogP contribution in [-0.2, 0) is 36.7 Å². The number of alkyl carbamates (subject to hydrolysis) is 1. The minimum Gasteiger partial charge on any atom is -0.458 e. The zero-order valence-corrected chi connectivity index (χ0v) is 27.9. The molecule has 9 heteroatoms. The SMILES string of the molecule is CCCCN(C(=O)C(C)NC(=O)OC(C)(C)C)C(C(=O)NC(Cc1ccccc1)C(=O)OC(C)(C)C)c1ccc(CC)cc1. The van der Waals surface area contributed by atoms with Gasteiger partial charge >= 0.3 is 12.1 Å². The van der Waals surface area contributed by atoms with Crippen molar-refractivity contribution in [1.29, 1.82) is 0 Å². The summed E-state index contributed by atoms with van der Waals surface area (Å²) in [6.45, 7) is 16.4. The van der Waals surface area contributed by atoms with Crippen LogP contribution in [0.15, 0.2) is 54.6 Å². The van der Waals surface area contributed by atoms with Crippen molar-refractivity contribution in [3.05, 3.63) is 71.3 Å². The van der Waals surface area contributed by atoms with Gasteiger partial charge in [0.1, 0.15) is 29.3 Å². The standard InChI is InChI=1S/C35H51N3O6/c1-10-12-22-38(31(40)24(3)36-33(42)44-35(7,8)9)29(27-20-18-25(11-2)19-21-27)30(39)37-28(32(41)43-34(4,5)6)23-26-16-14-13-15-17-26/h13-21,24,28-29H,10-12,22-23H2,1-9H3,(H,36,42)(H,37,39). The van der Waals surface area contributed by atoms with Crippen LogP contribution in [0.2, 0.25) is 0 Å². The Bertz CT molecular complexity index is 1230. The predicted octanol–water partition coefficient (Wildman–Crippen LogP) is 5.90. The average Bonchev–Trinajstić information content (AvgIpc) is 2.93. The normalized spacial score (nSPS) is 13.7. The highest BCUT2D eigenvalue weighted by molar-refractivity contribution is 5.93. The van der Waals surface area contributed by atoms with Gasteiger partial charge in [-0.15, -0.1) is 0 Å². The number of aryl methyl sites for hydroxylation is 1. The second kappa shape index (κ2) is 16.3. The number of amides is 3. The van der Waals surface area contributed by atoms with Crippen molar-refractivity contribution in [2.24, 2.45) is 0 Å². The van der Waals surface area contributed by atoms with E-state index in [1.54, 1.807) is 48.5 Å². The number of nitrogens with one attached hydrogen (secondary N) is 2. The minimum absolute atomic E-state index is 0.211. The van der Waals surface area contributed by atoms with Crippen molar-refractivity contribution in [3.63, 3.8) is 0 Å². The molecular formula is C35H51N3O6. The van der Waals surface area contributed by atoms with Gasteiger partial charge in [0, 0.05) is 13.0 Å². The maximum absolute atomic E-state index is 14.3. The van der Waals surface area contributed by atoms with Crippen LogP contribution in [0.25, 0.3) is 0 Å². The van der Waals surface area contributed by atoms with Crippen LogP contribution < -0.4 is 10.6 Å². The lowest BCUT2D eigenvalue weighted by atomic mass is 9.99. The third-order valence-corrected chi connectivity index (χ3v) is 6.69. The van der Waals surface area contributed by atoms with E-state index in [4.69, 9.17) is 9.47 Å². The summed E-state index contributed by atoms with van der Waals surface area (Å²) in [6.07, 6.45) is 1.69. The lowest BCUT2D eigenvalue weighted by molar-refractivity contribution is -0.159. The summed E-state index contributed by atoms with van der Waals surface area (Å²) >= 11 is 0. The summed E-state index contributed by atoms with van der Waals surface area (Å²) in [5.41, 5.74) is 1.01. The highest BCUT2D eigenvalue weighted by atomic mass is 16.6. The predicted molar refractivity (Wildman–Crippen MR) is 172 cm³/mol. The minimum atomic E-state index is -1.07. The van der Waals surface area contributed by atoms with Crippen molar-refractivity contribution in [1.82, 2.24) is 15.5 Å². The summed E-state index contributed by atoms with van der Waals surface area (Å²) in [6, 6.07) is 13.9. The van der Waals surface area contributed by atoms with Crippen molar-refractivity contribution in [3.8, 4) is 0 Å². The van der Waals surface area contributed by atoms with E-state index in [1.165, 1.54) is 4.90 Å². The van der Waals surface area contributed by atoms with Gasteiger partial charge in [0.15, 0.2) is 0 Å². The number of hydrogen-bond acceptors (Lipinski definition) is 6. The Kier molecular flexibility index (Phi) is 13.4. The van der Waals surface area contributed by atoms with Gasteiger partial charge in [0.2, 0.25) is 11.8 Å². The van der Waals surface area contributed by atoms with Crippen molar-refractivity contribution in [2.45, 2.75) is 117 Å². The molecule has 0 aliphatic heterocycles. The monoisotopic (exact) mass is 609 g/mol. The first-order valence-electron chi connectivity index (χ1n) is 15.5. The van der Waals surface area contributed by atoms with Crippen LogP contribution in [0.4, 0.5) is 4.79 Å². The molecule has 0 aliphatic carbocycles. The molecule has 0 saturated heterocycles. The molecule has 3 amide bonds. The van der Waals surface area contributed by atoms with Crippen molar-refractivity contribution in [2.75, 3.05) is 6.54 Å². The van der Waals surface area contributed by atoms with Crippen LogP contribution >= 0.6 is 0 Å². The Morgan fingerprint density at radius 2 is 1.39 bits per heavy atom. The summed E-state index contributed by atoms with van der Waals surface area (Å²) in [7, 11) is 0. The smallest absolute Gasteiger partial charge is 0.408 e. The molecule has 0 radical (unpaired) electrons. The molecular weight excluding hydrogens is 558 g/mol. The average molecular weight is 610 g/mol. The number of rotatable bonds is 13. The zero-order valence-electron chi connectivity index (χ0n) is 27.9. The largest absolute Gasteiger partial charge is 0.458 e. The molecule has 2 aromatic rings. The van der Waals surface area contributed by atoms with Gasteiger partial charge in [-0.2, -0.15) is 0 Å². The van der Waals surface area contributed by atoms with Crippen LogP contribution in [0.1, 0.15) is 97.9 Å². The molecule has 44 heavy (non-hydrogen) atoms. The lowest BCUT2D eigenvalue weighted by Crippen LogP contribution is -2.54. The first-order valence-corrected chi connectivity index (χ1v) is 15.5. The van der Waals surface area contributed by atoms with Crippen LogP contribution in [0.5, 0.6) is 0 Å². The summed E-state index contributed by atoms with van der Waals surface area (Å²) in [5.74, 6) is -1.53. The number of unbranched alkanes of at least 4 members (excludes halogenated alkanes) is 1. The lowest BCUT2D eigenvalue weighted by Gasteiger charge is -2.34. The number of esters is 1. The molecule has 3 unspecified atom stereocenters. The molecule has 0 aliphatic rings. The van der Waals surface area contributed by atoms with Gasteiger partial charge in [-0.05, 0) is 78.0 Å². The summed E-state index contributed by atoms with van der Waals surface area (Å²) in [4.78, 5) is 55.7. The molecule has 0 saturated carbocycles. The summed E-state index contributed by atoms with van der Waals surface area (Å²) in [5, 5.41) is 5.53. The third-order valence-electron chi connectivity index (χ3n) is 6.69. The fourth-order valence-corrected chi connectivity index (χ4v) is 4.56. The number of carbonyl (C=O) groups is 4. The van der Waals surface area contributed by atoms with E-state index in [1.807, 2.05) is 68.4 Å². The van der Waals surface area contributed by atoms with Gasteiger partial charge in [-0.25, -0.2) is 9.59 Å². The molecule has 9 nitrogen and oxygen atoms in total. The number of ether oxygens (including phenoxy) is 2. The Morgan fingerprint density at radius 1 is 0.795 bits per heavy atom. The first-order chi connectivity index (χ1) is 20.5. The first kappa shape index (κ1) is 36.3. The Morgan fingerprint density at radius 3 is 1.91 bits per heavy atom. The molecule has 0 spiro atoms. The van der Waals surface area contributed by atoms with Crippen LogP contribution in [0.3, 0.4) is 0 Å². The van der Waals surface area contributed by atoms with Crippen LogP contribution in [0, 0.1) is 0 Å². The molecule has 2 N–H and O–H groups in total. The Labute approximate surface area is 263 Å². The summed E-state index contributed by atoms with van der Waals surface area (Å²) < 4.78 is 11.0. The molecule has 0 heterocycles. The molecule has 2 aromatic carbocycles. The topological polar surface area (TPSA) is 114 Å². The molecule has 3 atom stereocenters. The van der Waals surface area contributed by atoms with E-state index < -0.39 is 53.2 Å². The maximum atomic E-state index is 14.3. The van der Waals surface area contributed by atoms with E-state index in [-0.39, 0.29) is 13.0 Å².